The summed E-state index contributed by atoms with van der Waals surface area (Å²) in [5.41, 5.74) is 1.04. The second-order valence-electron chi connectivity index (χ2n) is 5.48. The summed E-state index contributed by atoms with van der Waals surface area (Å²) in [6.07, 6.45) is 0.774. The lowest BCUT2D eigenvalue weighted by molar-refractivity contribution is -0.120. The highest BCUT2D eigenvalue weighted by atomic mass is 16.5. The van der Waals surface area contributed by atoms with Crippen LogP contribution in [0, 0.1) is 0 Å². The van der Waals surface area contributed by atoms with Crippen molar-refractivity contribution in [2.24, 2.45) is 0 Å². The molecule has 2 aromatic carbocycles. The van der Waals surface area contributed by atoms with Gasteiger partial charge in [-0.1, -0.05) is 25.1 Å². The molecule has 6 nitrogen and oxygen atoms in total. The van der Waals surface area contributed by atoms with E-state index >= 15 is 0 Å². The van der Waals surface area contributed by atoms with Gasteiger partial charge in [-0.15, -0.1) is 0 Å². The van der Waals surface area contributed by atoms with Gasteiger partial charge < -0.3 is 19.5 Å². The summed E-state index contributed by atoms with van der Waals surface area (Å²) in [4.78, 5) is 23.5. The maximum absolute atomic E-state index is 11.8. The number of ether oxygens (including phenoxy) is 3. The predicted octanol–water partition coefficient (Wildman–Crippen LogP) is 3.29. The van der Waals surface area contributed by atoms with Crippen LogP contribution in [0.25, 0.3) is 0 Å². The number of benzene rings is 2. The predicted molar refractivity (Wildman–Crippen MR) is 98.4 cm³/mol. The van der Waals surface area contributed by atoms with Gasteiger partial charge in [0.1, 0.15) is 19.0 Å². The topological polar surface area (TPSA) is 73.9 Å². The Bertz CT molecular complexity index is 685. The van der Waals surface area contributed by atoms with E-state index in [1.165, 1.54) is 0 Å². The number of esters is 1. The molecule has 0 aromatic heterocycles. The Morgan fingerprint density at radius 3 is 2.35 bits per heavy atom. The number of rotatable bonds is 10. The standard InChI is InChI=1S/C20H23NO5/c1-2-12-26-20(23)16-8-10-17(11-9-16)21-19(22)15-24-13-14-25-18-6-4-3-5-7-18/h3-11H,2,12-15H2,1H3,(H,21,22). The van der Waals surface area contributed by atoms with E-state index in [0.29, 0.717) is 31.1 Å². The number of amides is 1. The van der Waals surface area contributed by atoms with Gasteiger partial charge in [-0.25, -0.2) is 4.79 Å². The van der Waals surface area contributed by atoms with Gasteiger partial charge >= 0.3 is 5.97 Å². The molecule has 0 unspecified atom stereocenters. The van der Waals surface area contributed by atoms with Gasteiger partial charge in [0, 0.05) is 5.69 Å². The van der Waals surface area contributed by atoms with Gasteiger partial charge in [0.05, 0.1) is 18.8 Å². The average Bonchev–Trinajstić information content (AvgIpc) is 2.67. The van der Waals surface area contributed by atoms with Gasteiger partial charge in [-0.3, -0.25) is 4.79 Å². The van der Waals surface area contributed by atoms with E-state index in [-0.39, 0.29) is 18.5 Å². The van der Waals surface area contributed by atoms with Crippen LogP contribution in [0.4, 0.5) is 5.69 Å². The van der Waals surface area contributed by atoms with Crippen molar-refractivity contribution < 1.29 is 23.8 Å². The SMILES string of the molecule is CCCOC(=O)c1ccc(NC(=O)COCCOc2ccccc2)cc1. The normalized spacial score (nSPS) is 10.2. The summed E-state index contributed by atoms with van der Waals surface area (Å²) >= 11 is 0. The molecule has 0 heterocycles. The molecule has 2 rings (SSSR count). The molecule has 0 saturated heterocycles. The van der Waals surface area contributed by atoms with Crippen LogP contribution >= 0.6 is 0 Å². The van der Waals surface area contributed by atoms with Crippen LogP contribution in [-0.2, 0) is 14.3 Å². The van der Waals surface area contributed by atoms with E-state index < -0.39 is 0 Å². The second kappa shape index (κ2) is 10.9. The van der Waals surface area contributed by atoms with Gasteiger partial charge in [0.25, 0.3) is 0 Å². The zero-order valence-corrected chi connectivity index (χ0v) is 14.8. The zero-order valence-electron chi connectivity index (χ0n) is 14.8. The summed E-state index contributed by atoms with van der Waals surface area (Å²) in [5.74, 6) is 0.121. The number of anilines is 1. The Labute approximate surface area is 153 Å². The van der Waals surface area contributed by atoms with Crippen molar-refractivity contribution in [1.82, 2.24) is 0 Å². The van der Waals surface area contributed by atoms with E-state index in [0.717, 1.165) is 12.2 Å². The maximum Gasteiger partial charge on any atom is 0.338 e. The zero-order chi connectivity index (χ0) is 18.6. The van der Waals surface area contributed by atoms with Crippen LogP contribution in [0.3, 0.4) is 0 Å². The molecule has 0 radical (unpaired) electrons. The van der Waals surface area contributed by atoms with Gasteiger partial charge in [0.2, 0.25) is 5.91 Å². The lowest BCUT2D eigenvalue weighted by atomic mass is 10.2. The minimum Gasteiger partial charge on any atom is -0.491 e. The fraction of sp³-hybridized carbons (Fsp3) is 0.300. The molecule has 0 atom stereocenters. The van der Waals surface area contributed by atoms with Crippen LogP contribution in [0.1, 0.15) is 23.7 Å². The number of hydrogen-bond donors (Lipinski definition) is 1. The molecule has 138 valence electrons. The minimum atomic E-state index is -0.369. The Balaban J connectivity index is 1.65. The van der Waals surface area contributed by atoms with Crippen molar-refractivity contribution >= 4 is 17.6 Å². The summed E-state index contributed by atoms with van der Waals surface area (Å²) in [6, 6.07) is 15.9. The fourth-order valence-electron chi connectivity index (χ4n) is 2.06. The maximum atomic E-state index is 11.8. The fourth-order valence-corrected chi connectivity index (χ4v) is 2.06. The number of para-hydroxylation sites is 1. The summed E-state index contributed by atoms with van der Waals surface area (Å²) in [5, 5.41) is 2.70. The molecule has 0 aliphatic carbocycles. The van der Waals surface area contributed by atoms with Crippen molar-refractivity contribution in [3.63, 3.8) is 0 Å². The van der Waals surface area contributed by atoms with E-state index in [1.54, 1.807) is 24.3 Å². The van der Waals surface area contributed by atoms with Gasteiger partial charge in [-0.2, -0.15) is 0 Å². The van der Waals surface area contributed by atoms with Crippen molar-refractivity contribution in [3.8, 4) is 5.75 Å². The van der Waals surface area contributed by atoms with E-state index in [1.807, 2.05) is 37.3 Å². The summed E-state index contributed by atoms with van der Waals surface area (Å²) in [6.45, 7) is 2.93. The third-order valence-electron chi connectivity index (χ3n) is 3.31. The third-order valence-corrected chi connectivity index (χ3v) is 3.31. The summed E-state index contributed by atoms with van der Waals surface area (Å²) in [7, 11) is 0. The number of carbonyl (C=O) groups is 2. The molecule has 1 N–H and O–H groups in total. The molecule has 0 saturated carbocycles. The molecular weight excluding hydrogens is 334 g/mol. The van der Waals surface area contributed by atoms with Crippen molar-refractivity contribution in [3.05, 3.63) is 60.2 Å². The van der Waals surface area contributed by atoms with Crippen LogP contribution < -0.4 is 10.1 Å². The Morgan fingerprint density at radius 2 is 1.65 bits per heavy atom. The smallest absolute Gasteiger partial charge is 0.338 e. The van der Waals surface area contributed by atoms with Crippen LogP contribution in [0.2, 0.25) is 0 Å². The Hall–Kier alpha value is -2.86. The molecule has 0 fully saturated rings. The number of carbonyl (C=O) groups excluding carboxylic acids is 2. The van der Waals surface area contributed by atoms with Crippen molar-refractivity contribution in [2.45, 2.75) is 13.3 Å². The van der Waals surface area contributed by atoms with E-state index in [4.69, 9.17) is 14.2 Å². The van der Waals surface area contributed by atoms with E-state index in [9.17, 15) is 9.59 Å². The van der Waals surface area contributed by atoms with Crippen LogP contribution in [-0.4, -0.2) is 38.3 Å². The van der Waals surface area contributed by atoms with Crippen molar-refractivity contribution in [2.75, 3.05) is 31.7 Å². The Morgan fingerprint density at radius 1 is 0.923 bits per heavy atom. The molecule has 1 amide bonds. The molecule has 0 aliphatic rings. The molecule has 26 heavy (non-hydrogen) atoms. The van der Waals surface area contributed by atoms with Crippen molar-refractivity contribution in [1.29, 1.82) is 0 Å². The van der Waals surface area contributed by atoms with Crippen LogP contribution in [0.5, 0.6) is 5.75 Å². The molecular formula is C20H23NO5. The molecule has 0 aliphatic heterocycles. The first-order valence-corrected chi connectivity index (χ1v) is 8.51. The first-order chi connectivity index (χ1) is 12.7. The third kappa shape index (κ3) is 6.94. The second-order valence-corrected chi connectivity index (χ2v) is 5.48. The van der Waals surface area contributed by atoms with E-state index in [2.05, 4.69) is 5.32 Å². The summed E-state index contributed by atoms with van der Waals surface area (Å²) < 4.78 is 15.8. The average molecular weight is 357 g/mol. The first-order valence-electron chi connectivity index (χ1n) is 8.51. The largest absolute Gasteiger partial charge is 0.491 e. The molecule has 0 spiro atoms. The highest BCUT2D eigenvalue weighted by Gasteiger charge is 2.07. The minimum absolute atomic E-state index is 0.0710. The highest BCUT2D eigenvalue weighted by Crippen LogP contribution is 2.11. The molecule has 2 aromatic rings. The van der Waals surface area contributed by atoms with Gasteiger partial charge in [-0.05, 0) is 42.8 Å². The molecule has 0 bridgehead atoms. The van der Waals surface area contributed by atoms with Gasteiger partial charge in [0.15, 0.2) is 0 Å². The Kier molecular flexibility index (Phi) is 8.15. The quantitative estimate of drug-likeness (QED) is 0.522. The number of hydrogen-bond acceptors (Lipinski definition) is 5. The highest BCUT2D eigenvalue weighted by molar-refractivity contribution is 5.93. The first kappa shape index (κ1) is 19.5. The molecule has 6 heteroatoms. The lowest BCUT2D eigenvalue weighted by Gasteiger charge is -2.08. The monoisotopic (exact) mass is 357 g/mol. The van der Waals surface area contributed by atoms with Crippen LogP contribution in [0.15, 0.2) is 54.6 Å². The lowest BCUT2D eigenvalue weighted by Crippen LogP contribution is -2.20. The number of nitrogens with one attached hydrogen (secondary N) is 1.